The predicted octanol–water partition coefficient (Wildman–Crippen LogP) is 4.29. The molecule has 0 spiro atoms. The first-order valence-electron chi connectivity index (χ1n) is 8.32. The number of aromatic nitrogens is 1. The van der Waals surface area contributed by atoms with Gasteiger partial charge in [-0.3, -0.25) is 4.79 Å². The molecule has 4 rings (SSSR count). The topological polar surface area (TPSA) is 64.4 Å². The van der Waals surface area contributed by atoms with Crippen molar-refractivity contribution in [3.8, 4) is 17.1 Å². The van der Waals surface area contributed by atoms with Gasteiger partial charge < -0.3 is 14.6 Å². The van der Waals surface area contributed by atoms with E-state index >= 15 is 0 Å². The molecule has 1 amide bonds. The molecule has 0 bridgehead atoms. The summed E-state index contributed by atoms with van der Waals surface area (Å²) in [5.74, 6) is 1.24. The molecule has 0 aliphatic heterocycles. The van der Waals surface area contributed by atoms with Crippen LogP contribution >= 0.6 is 11.6 Å². The average Bonchev–Trinajstić information content (AvgIpc) is 3.24. The van der Waals surface area contributed by atoms with Gasteiger partial charge in [-0.25, -0.2) is 0 Å². The van der Waals surface area contributed by atoms with Gasteiger partial charge in [-0.2, -0.15) is 0 Å². The van der Waals surface area contributed by atoms with E-state index in [1.165, 1.54) is 5.56 Å². The average molecular weight is 369 g/mol. The maximum atomic E-state index is 12.4. The molecule has 1 saturated carbocycles. The van der Waals surface area contributed by atoms with E-state index in [1.54, 1.807) is 13.2 Å². The van der Waals surface area contributed by atoms with E-state index in [0.29, 0.717) is 22.5 Å². The van der Waals surface area contributed by atoms with Gasteiger partial charge in [-0.15, -0.1) is 0 Å². The van der Waals surface area contributed by atoms with Crippen LogP contribution < -0.4 is 10.1 Å². The molecular weight excluding hydrogens is 352 g/mol. The zero-order chi connectivity index (χ0) is 18.1. The molecule has 1 N–H and O–H groups in total. The number of ether oxygens (including phenoxy) is 1. The minimum absolute atomic E-state index is 0.107. The Balaban J connectivity index is 1.44. The largest absolute Gasteiger partial charge is 0.496 e. The highest BCUT2D eigenvalue weighted by atomic mass is 35.5. The van der Waals surface area contributed by atoms with Gasteiger partial charge in [0.25, 0.3) is 5.91 Å². The van der Waals surface area contributed by atoms with Crippen molar-refractivity contribution in [1.29, 1.82) is 0 Å². The summed E-state index contributed by atoms with van der Waals surface area (Å²) < 4.78 is 10.7. The lowest BCUT2D eigenvalue weighted by atomic mass is 10.1. The molecule has 5 nitrogen and oxygen atoms in total. The Morgan fingerprint density at radius 3 is 2.77 bits per heavy atom. The van der Waals surface area contributed by atoms with Gasteiger partial charge in [0, 0.05) is 23.0 Å². The first kappa shape index (κ1) is 16.7. The second-order valence-electron chi connectivity index (χ2n) is 6.25. The number of methoxy groups -OCH3 is 1. The molecule has 26 heavy (non-hydrogen) atoms. The van der Waals surface area contributed by atoms with Gasteiger partial charge in [0.15, 0.2) is 11.5 Å². The van der Waals surface area contributed by atoms with E-state index in [1.807, 2.05) is 48.5 Å². The van der Waals surface area contributed by atoms with Crippen LogP contribution in [0.15, 0.2) is 59.1 Å². The summed E-state index contributed by atoms with van der Waals surface area (Å²) in [6, 6.07) is 16.9. The maximum Gasteiger partial charge on any atom is 0.273 e. The third-order valence-corrected chi connectivity index (χ3v) is 4.77. The Hall–Kier alpha value is -2.79. The Kier molecular flexibility index (Phi) is 4.39. The van der Waals surface area contributed by atoms with Gasteiger partial charge in [-0.05, 0) is 36.2 Å². The van der Waals surface area contributed by atoms with Crippen molar-refractivity contribution in [1.82, 2.24) is 10.5 Å². The van der Waals surface area contributed by atoms with Crippen molar-refractivity contribution in [2.75, 3.05) is 7.11 Å². The zero-order valence-corrected chi connectivity index (χ0v) is 14.9. The fourth-order valence-electron chi connectivity index (χ4n) is 3.03. The van der Waals surface area contributed by atoms with Crippen LogP contribution in [0.25, 0.3) is 11.3 Å². The van der Waals surface area contributed by atoms with Gasteiger partial charge >= 0.3 is 0 Å². The fourth-order valence-corrected chi connectivity index (χ4v) is 3.16. The highest BCUT2D eigenvalue weighted by molar-refractivity contribution is 6.30. The summed E-state index contributed by atoms with van der Waals surface area (Å²) >= 11 is 5.91. The lowest BCUT2D eigenvalue weighted by molar-refractivity contribution is 0.0941. The van der Waals surface area contributed by atoms with Gasteiger partial charge in [0.1, 0.15) is 5.75 Å². The third-order valence-electron chi connectivity index (χ3n) is 4.52. The summed E-state index contributed by atoms with van der Waals surface area (Å²) in [7, 11) is 1.59. The monoisotopic (exact) mass is 368 g/mol. The molecular formula is C20H17ClN2O3. The predicted molar refractivity (Wildman–Crippen MR) is 98.6 cm³/mol. The molecule has 2 atom stereocenters. The molecule has 1 aromatic heterocycles. The molecule has 1 aliphatic rings. The van der Waals surface area contributed by atoms with E-state index < -0.39 is 0 Å². The number of carbonyl (C=O) groups excluding carboxylic acids is 1. The van der Waals surface area contributed by atoms with Crippen LogP contribution in [0, 0.1) is 0 Å². The fraction of sp³-hybridized carbons (Fsp3) is 0.200. The van der Waals surface area contributed by atoms with E-state index in [4.69, 9.17) is 20.9 Å². The van der Waals surface area contributed by atoms with Crippen LogP contribution in [0.4, 0.5) is 0 Å². The lowest BCUT2D eigenvalue weighted by Gasteiger charge is -2.04. The highest BCUT2D eigenvalue weighted by Gasteiger charge is 2.40. The number of halogens is 1. The number of para-hydroxylation sites is 1. The molecule has 132 valence electrons. The number of benzene rings is 2. The van der Waals surface area contributed by atoms with Crippen LogP contribution in [-0.4, -0.2) is 24.2 Å². The molecule has 2 aromatic carbocycles. The van der Waals surface area contributed by atoms with Gasteiger partial charge in [0.2, 0.25) is 0 Å². The molecule has 3 aromatic rings. The summed E-state index contributed by atoms with van der Waals surface area (Å²) in [6.45, 7) is 0. The summed E-state index contributed by atoms with van der Waals surface area (Å²) in [4.78, 5) is 12.4. The van der Waals surface area contributed by atoms with Crippen molar-refractivity contribution in [2.45, 2.75) is 18.4 Å². The molecule has 0 radical (unpaired) electrons. The van der Waals surface area contributed by atoms with Gasteiger partial charge in [-0.1, -0.05) is 41.0 Å². The van der Waals surface area contributed by atoms with E-state index in [0.717, 1.165) is 12.0 Å². The number of nitrogens with zero attached hydrogens (tertiary/aromatic N) is 1. The zero-order valence-electron chi connectivity index (χ0n) is 14.1. The van der Waals surface area contributed by atoms with Crippen LogP contribution in [-0.2, 0) is 0 Å². The molecule has 0 unspecified atom stereocenters. The number of rotatable bonds is 5. The van der Waals surface area contributed by atoms with E-state index in [9.17, 15) is 4.79 Å². The minimum Gasteiger partial charge on any atom is -0.496 e. The summed E-state index contributed by atoms with van der Waals surface area (Å²) in [5.41, 5.74) is 2.19. The van der Waals surface area contributed by atoms with Crippen molar-refractivity contribution in [2.24, 2.45) is 0 Å². The van der Waals surface area contributed by atoms with Crippen LogP contribution in [0.2, 0.25) is 5.02 Å². The van der Waals surface area contributed by atoms with Crippen molar-refractivity contribution in [3.63, 3.8) is 0 Å². The third kappa shape index (κ3) is 3.30. The van der Waals surface area contributed by atoms with Crippen LogP contribution in [0.5, 0.6) is 5.75 Å². The first-order valence-corrected chi connectivity index (χ1v) is 8.70. The lowest BCUT2D eigenvalue weighted by Crippen LogP contribution is -2.26. The normalized spacial score (nSPS) is 18.4. The summed E-state index contributed by atoms with van der Waals surface area (Å²) in [6.07, 6.45) is 0.907. The van der Waals surface area contributed by atoms with Crippen LogP contribution in [0.3, 0.4) is 0 Å². The molecule has 1 aliphatic carbocycles. The highest BCUT2D eigenvalue weighted by Crippen LogP contribution is 2.41. The smallest absolute Gasteiger partial charge is 0.273 e. The molecule has 0 saturated heterocycles. The quantitative estimate of drug-likeness (QED) is 0.729. The number of amides is 1. The Labute approximate surface area is 155 Å². The molecule has 1 heterocycles. The van der Waals surface area contributed by atoms with Crippen molar-refractivity contribution < 1.29 is 14.1 Å². The summed E-state index contributed by atoms with van der Waals surface area (Å²) in [5, 5.41) is 7.61. The Morgan fingerprint density at radius 1 is 1.23 bits per heavy atom. The number of nitrogens with one attached hydrogen (secondary N) is 1. The minimum atomic E-state index is -0.239. The van der Waals surface area contributed by atoms with Crippen molar-refractivity contribution in [3.05, 3.63) is 70.9 Å². The van der Waals surface area contributed by atoms with E-state index in [-0.39, 0.29) is 17.6 Å². The van der Waals surface area contributed by atoms with Crippen LogP contribution in [0.1, 0.15) is 28.4 Å². The van der Waals surface area contributed by atoms with E-state index in [2.05, 4.69) is 10.5 Å². The first-order chi connectivity index (χ1) is 12.7. The number of carbonyl (C=O) groups is 1. The second kappa shape index (κ2) is 6.84. The standard InChI is InChI=1S/C20H17ClN2O3/c1-25-18-5-3-2-4-14(18)19-11-17(23-26-19)20(24)22-16-10-15(16)12-6-8-13(21)9-7-12/h2-9,11,15-16H,10H2,1H3,(H,22,24)/t15-,16+/m0/s1. The maximum absolute atomic E-state index is 12.4. The number of hydrogen-bond acceptors (Lipinski definition) is 4. The number of hydrogen-bond donors (Lipinski definition) is 1. The second-order valence-corrected chi connectivity index (χ2v) is 6.69. The molecule has 6 heteroatoms. The van der Waals surface area contributed by atoms with Crippen molar-refractivity contribution >= 4 is 17.5 Å². The Bertz CT molecular complexity index is 936. The Morgan fingerprint density at radius 2 is 2.00 bits per heavy atom. The molecule has 1 fully saturated rings. The SMILES string of the molecule is COc1ccccc1-c1cc(C(=O)N[C@@H]2C[C@H]2c2ccc(Cl)cc2)no1. The van der Waals surface area contributed by atoms with Gasteiger partial charge in [0.05, 0.1) is 12.7 Å².